The normalized spacial score (nSPS) is 10.4. The maximum Gasteiger partial charge on any atom is 0.313 e. The van der Waals surface area contributed by atoms with Gasteiger partial charge in [-0.3, -0.25) is 4.79 Å². The summed E-state index contributed by atoms with van der Waals surface area (Å²) in [6, 6.07) is 17.0. The molecule has 0 unspecified atom stereocenters. The SMILES string of the molecule is CCc1ccc(NC(=O)c2nnc(-c3ccccc3)o2)cc1. The van der Waals surface area contributed by atoms with Crippen LogP contribution in [-0.4, -0.2) is 16.1 Å². The summed E-state index contributed by atoms with van der Waals surface area (Å²) in [5.41, 5.74) is 2.69. The van der Waals surface area contributed by atoms with Gasteiger partial charge in [-0.05, 0) is 36.2 Å². The second-order valence-electron chi connectivity index (χ2n) is 4.78. The number of aryl methyl sites for hydroxylation is 1. The van der Waals surface area contributed by atoms with E-state index in [1.54, 1.807) is 0 Å². The highest BCUT2D eigenvalue weighted by Crippen LogP contribution is 2.18. The molecule has 0 aliphatic rings. The van der Waals surface area contributed by atoms with Crippen molar-refractivity contribution in [3.05, 3.63) is 66.1 Å². The molecule has 2 aromatic carbocycles. The predicted molar refractivity (Wildman–Crippen MR) is 83.5 cm³/mol. The zero-order chi connectivity index (χ0) is 15.4. The smallest absolute Gasteiger partial charge is 0.313 e. The summed E-state index contributed by atoms with van der Waals surface area (Å²) in [4.78, 5) is 12.1. The summed E-state index contributed by atoms with van der Waals surface area (Å²) in [5, 5.41) is 10.4. The Hall–Kier alpha value is -2.95. The molecule has 1 aromatic heterocycles. The average Bonchev–Trinajstić information content (AvgIpc) is 3.06. The summed E-state index contributed by atoms with van der Waals surface area (Å²) < 4.78 is 5.41. The molecule has 1 amide bonds. The maximum absolute atomic E-state index is 12.1. The first-order chi connectivity index (χ1) is 10.8. The largest absolute Gasteiger partial charge is 0.412 e. The van der Waals surface area contributed by atoms with Crippen LogP contribution >= 0.6 is 0 Å². The van der Waals surface area contributed by atoms with Crippen molar-refractivity contribution in [1.29, 1.82) is 0 Å². The fraction of sp³-hybridized carbons (Fsp3) is 0.118. The molecule has 1 N–H and O–H groups in total. The molecule has 3 aromatic rings. The van der Waals surface area contributed by atoms with Crippen LogP contribution < -0.4 is 5.32 Å². The Balaban J connectivity index is 1.74. The lowest BCUT2D eigenvalue weighted by Crippen LogP contribution is -2.12. The Labute approximate surface area is 128 Å². The minimum atomic E-state index is -0.418. The molecule has 22 heavy (non-hydrogen) atoms. The minimum absolute atomic E-state index is 0.0570. The van der Waals surface area contributed by atoms with Gasteiger partial charge in [0.2, 0.25) is 5.89 Å². The van der Waals surface area contributed by atoms with Crippen molar-refractivity contribution in [2.75, 3.05) is 5.32 Å². The molecule has 0 bridgehead atoms. The lowest BCUT2D eigenvalue weighted by molar-refractivity contribution is 0.0991. The summed E-state index contributed by atoms with van der Waals surface area (Å²) in [6.07, 6.45) is 0.957. The third kappa shape index (κ3) is 3.03. The highest BCUT2D eigenvalue weighted by atomic mass is 16.4. The fourth-order valence-corrected chi connectivity index (χ4v) is 2.02. The Bertz CT molecular complexity index is 764. The lowest BCUT2D eigenvalue weighted by atomic mass is 10.1. The number of rotatable bonds is 4. The molecule has 0 spiro atoms. The van der Waals surface area contributed by atoms with Crippen molar-refractivity contribution in [2.24, 2.45) is 0 Å². The number of hydrogen-bond donors (Lipinski definition) is 1. The van der Waals surface area contributed by atoms with E-state index in [9.17, 15) is 4.79 Å². The van der Waals surface area contributed by atoms with E-state index >= 15 is 0 Å². The molecular weight excluding hydrogens is 278 g/mol. The summed E-state index contributed by atoms with van der Waals surface area (Å²) in [5.74, 6) is -0.149. The van der Waals surface area contributed by atoms with Gasteiger partial charge in [0.25, 0.3) is 0 Å². The number of nitrogens with one attached hydrogen (secondary N) is 1. The van der Waals surface area contributed by atoms with Crippen molar-refractivity contribution < 1.29 is 9.21 Å². The number of benzene rings is 2. The first kappa shape index (κ1) is 14.0. The van der Waals surface area contributed by atoms with Crippen molar-refractivity contribution in [3.63, 3.8) is 0 Å². The quantitative estimate of drug-likeness (QED) is 0.798. The van der Waals surface area contributed by atoms with Gasteiger partial charge in [0, 0.05) is 11.3 Å². The zero-order valence-electron chi connectivity index (χ0n) is 12.1. The minimum Gasteiger partial charge on any atom is -0.412 e. The van der Waals surface area contributed by atoms with Gasteiger partial charge in [0.15, 0.2) is 0 Å². The third-order valence-corrected chi connectivity index (χ3v) is 3.26. The predicted octanol–water partition coefficient (Wildman–Crippen LogP) is 3.55. The monoisotopic (exact) mass is 293 g/mol. The van der Waals surface area contributed by atoms with Crippen molar-refractivity contribution in [3.8, 4) is 11.5 Å². The molecular formula is C17H15N3O2. The van der Waals surface area contributed by atoms with Gasteiger partial charge < -0.3 is 9.73 Å². The highest BCUT2D eigenvalue weighted by molar-refractivity contribution is 6.00. The molecule has 5 heteroatoms. The lowest BCUT2D eigenvalue weighted by Gasteiger charge is -2.03. The van der Waals surface area contributed by atoms with E-state index in [-0.39, 0.29) is 5.89 Å². The molecule has 1 heterocycles. The van der Waals surface area contributed by atoms with Gasteiger partial charge in [-0.25, -0.2) is 0 Å². The van der Waals surface area contributed by atoms with Crippen LogP contribution in [0.1, 0.15) is 23.2 Å². The Morgan fingerprint density at radius 2 is 1.77 bits per heavy atom. The molecule has 0 aliphatic carbocycles. The summed E-state index contributed by atoms with van der Waals surface area (Å²) in [7, 11) is 0. The Morgan fingerprint density at radius 3 is 2.45 bits per heavy atom. The highest BCUT2D eigenvalue weighted by Gasteiger charge is 2.15. The van der Waals surface area contributed by atoms with E-state index in [1.807, 2.05) is 54.6 Å². The molecule has 3 rings (SSSR count). The van der Waals surface area contributed by atoms with Gasteiger partial charge in [-0.15, -0.1) is 10.2 Å². The van der Waals surface area contributed by atoms with Crippen LogP contribution in [0.4, 0.5) is 5.69 Å². The number of amides is 1. The van der Waals surface area contributed by atoms with Gasteiger partial charge in [-0.2, -0.15) is 0 Å². The number of aromatic nitrogens is 2. The molecule has 0 aliphatic heterocycles. The van der Waals surface area contributed by atoms with E-state index in [0.717, 1.165) is 12.0 Å². The average molecular weight is 293 g/mol. The van der Waals surface area contributed by atoms with Gasteiger partial charge >= 0.3 is 11.8 Å². The van der Waals surface area contributed by atoms with E-state index < -0.39 is 5.91 Å². The fourth-order valence-electron chi connectivity index (χ4n) is 2.02. The Kier molecular flexibility index (Phi) is 3.96. The molecule has 110 valence electrons. The number of hydrogen-bond acceptors (Lipinski definition) is 4. The Morgan fingerprint density at radius 1 is 1.05 bits per heavy atom. The topological polar surface area (TPSA) is 68.0 Å². The van der Waals surface area contributed by atoms with E-state index in [4.69, 9.17) is 4.42 Å². The van der Waals surface area contributed by atoms with Gasteiger partial charge in [0.1, 0.15) is 0 Å². The maximum atomic E-state index is 12.1. The second kappa shape index (κ2) is 6.22. The van der Waals surface area contributed by atoms with Crippen LogP contribution in [0.5, 0.6) is 0 Å². The van der Waals surface area contributed by atoms with Crippen LogP contribution in [-0.2, 0) is 6.42 Å². The van der Waals surface area contributed by atoms with Crippen molar-refractivity contribution >= 4 is 11.6 Å². The molecule has 0 radical (unpaired) electrons. The van der Waals surface area contributed by atoms with Crippen molar-refractivity contribution in [1.82, 2.24) is 10.2 Å². The van der Waals surface area contributed by atoms with Gasteiger partial charge in [-0.1, -0.05) is 37.3 Å². The first-order valence-corrected chi connectivity index (χ1v) is 7.05. The molecule has 0 saturated carbocycles. The van der Waals surface area contributed by atoms with Crippen molar-refractivity contribution in [2.45, 2.75) is 13.3 Å². The van der Waals surface area contributed by atoms with Crippen LogP contribution in [0.2, 0.25) is 0 Å². The first-order valence-electron chi connectivity index (χ1n) is 7.05. The third-order valence-electron chi connectivity index (χ3n) is 3.26. The van der Waals surface area contributed by atoms with Crippen LogP contribution in [0, 0.1) is 0 Å². The molecule has 0 atom stereocenters. The van der Waals surface area contributed by atoms with Gasteiger partial charge in [0.05, 0.1) is 0 Å². The van der Waals surface area contributed by atoms with Crippen LogP contribution in [0.3, 0.4) is 0 Å². The number of anilines is 1. The summed E-state index contributed by atoms with van der Waals surface area (Å²) >= 11 is 0. The van der Waals surface area contributed by atoms with Crippen LogP contribution in [0.25, 0.3) is 11.5 Å². The zero-order valence-corrected chi connectivity index (χ0v) is 12.1. The molecule has 0 fully saturated rings. The molecule has 0 saturated heterocycles. The van der Waals surface area contributed by atoms with E-state index in [2.05, 4.69) is 22.4 Å². The summed E-state index contributed by atoms with van der Waals surface area (Å²) in [6.45, 7) is 2.08. The van der Waals surface area contributed by atoms with E-state index in [0.29, 0.717) is 11.6 Å². The van der Waals surface area contributed by atoms with E-state index in [1.165, 1.54) is 5.56 Å². The van der Waals surface area contributed by atoms with Crippen LogP contribution in [0.15, 0.2) is 59.0 Å². The molecule has 5 nitrogen and oxygen atoms in total. The number of carbonyl (C=O) groups excluding carboxylic acids is 1. The number of carbonyl (C=O) groups is 1. The second-order valence-corrected chi connectivity index (χ2v) is 4.78. The standard InChI is InChI=1S/C17H15N3O2/c1-2-12-8-10-14(11-9-12)18-15(21)17-20-19-16(22-17)13-6-4-3-5-7-13/h3-11H,2H2,1H3,(H,18,21). The number of nitrogens with zero attached hydrogens (tertiary/aromatic N) is 2.